The summed E-state index contributed by atoms with van der Waals surface area (Å²) < 4.78 is 6.10. The third kappa shape index (κ3) is 3.40. The van der Waals surface area contributed by atoms with Crippen LogP contribution in [0.25, 0.3) is 0 Å². The van der Waals surface area contributed by atoms with Crippen LogP contribution in [0.15, 0.2) is 42.5 Å². The fourth-order valence-electron chi connectivity index (χ4n) is 2.32. The summed E-state index contributed by atoms with van der Waals surface area (Å²) in [6.07, 6.45) is 0.906. The second-order valence-electron chi connectivity index (χ2n) is 5.43. The van der Waals surface area contributed by atoms with Gasteiger partial charge in [-0.2, -0.15) is 0 Å². The Morgan fingerprint density at radius 2 is 1.80 bits per heavy atom. The van der Waals surface area contributed by atoms with E-state index in [2.05, 4.69) is 45.0 Å². The second kappa shape index (κ2) is 6.58. The molecule has 20 heavy (non-hydrogen) atoms. The molecule has 0 amide bonds. The molecule has 0 saturated carbocycles. The summed E-state index contributed by atoms with van der Waals surface area (Å²) in [5.41, 5.74) is 9.23. The molecule has 106 valence electrons. The van der Waals surface area contributed by atoms with Gasteiger partial charge in [0.05, 0.1) is 0 Å². The topological polar surface area (TPSA) is 35.2 Å². The zero-order valence-electron chi connectivity index (χ0n) is 12.5. The number of hydrogen-bond donors (Lipinski definition) is 1. The molecule has 0 radical (unpaired) electrons. The lowest BCUT2D eigenvalue weighted by atomic mass is 10.0. The Labute approximate surface area is 121 Å². The number of para-hydroxylation sites is 1. The number of ether oxygens (including phenoxy) is 1. The van der Waals surface area contributed by atoms with Gasteiger partial charge in [0.25, 0.3) is 0 Å². The van der Waals surface area contributed by atoms with Crippen molar-refractivity contribution in [3.63, 3.8) is 0 Å². The highest BCUT2D eigenvalue weighted by molar-refractivity contribution is 5.43. The second-order valence-corrected chi connectivity index (χ2v) is 5.43. The standard InChI is InChI=1S/C18H23NO/c1-13(2)16-6-4-5-7-18(16)20-17-9-8-15(10-11-19)12-14(17)3/h4-9,12-13H,10-11,19H2,1-3H3. The van der Waals surface area contributed by atoms with E-state index in [9.17, 15) is 0 Å². The van der Waals surface area contributed by atoms with Crippen LogP contribution in [0.3, 0.4) is 0 Å². The average molecular weight is 269 g/mol. The number of hydrogen-bond acceptors (Lipinski definition) is 2. The van der Waals surface area contributed by atoms with Crippen LogP contribution < -0.4 is 10.5 Å². The van der Waals surface area contributed by atoms with Crippen LogP contribution in [0.4, 0.5) is 0 Å². The van der Waals surface area contributed by atoms with Gasteiger partial charge in [-0.3, -0.25) is 0 Å². The Kier molecular flexibility index (Phi) is 4.80. The first-order valence-corrected chi connectivity index (χ1v) is 7.18. The minimum atomic E-state index is 0.447. The molecule has 0 bridgehead atoms. The summed E-state index contributed by atoms with van der Waals surface area (Å²) in [5.74, 6) is 2.30. The van der Waals surface area contributed by atoms with Gasteiger partial charge < -0.3 is 10.5 Å². The molecule has 2 N–H and O–H groups in total. The predicted octanol–water partition coefficient (Wildman–Crippen LogP) is 4.41. The van der Waals surface area contributed by atoms with Gasteiger partial charge in [-0.05, 0) is 54.6 Å². The van der Waals surface area contributed by atoms with E-state index in [4.69, 9.17) is 10.5 Å². The molecule has 2 aromatic carbocycles. The van der Waals surface area contributed by atoms with Gasteiger partial charge >= 0.3 is 0 Å². The highest BCUT2D eigenvalue weighted by Crippen LogP contribution is 2.32. The van der Waals surface area contributed by atoms with Gasteiger partial charge in [-0.1, -0.05) is 44.2 Å². The first-order valence-electron chi connectivity index (χ1n) is 7.18. The highest BCUT2D eigenvalue weighted by Gasteiger charge is 2.09. The van der Waals surface area contributed by atoms with Crippen molar-refractivity contribution in [1.82, 2.24) is 0 Å². The molecule has 0 heterocycles. The van der Waals surface area contributed by atoms with Crippen molar-refractivity contribution in [1.29, 1.82) is 0 Å². The Morgan fingerprint density at radius 1 is 1.05 bits per heavy atom. The molecule has 0 aliphatic carbocycles. The van der Waals surface area contributed by atoms with Gasteiger partial charge in [0.2, 0.25) is 0 Å². The lowest BCUT2D eigenvalue weighted by Crippen LogP contribution is -2.03. The molecule has 0 aliphatic heterocycles. The first-order chi connectivity index (χ1) is 9.61. The molecule has 0 saturated heterocycles. The van der Waals surface area contributed by atoms with Crippen LogP contribution in [0.2, 0.25) is 0 Å². The maximum Gasteiger partial charge on any atom is 0.130 e. The SMILES string of the molecule is Cc1cc(CCN)ccc1Oc1ccccc1C(C)C. The summed E-state index contributed by atoms with van der Waals surface area (Å²) in [6.45, 7) is 7.11. The lowest BCUT2D eigenvalue weighted by Gasteiger charge is -2.15. The maximum atomic E-state index is 6.10. The molecular weight excluding hydrogens is 246 g/mol. The van der Waals surface area contributed by atoms with E-state index in [0.717, 1.165) is 23.5 Å². The highest BCUT2D eigenvalue weighted by atomic mass is 16.5. The Bertz CT molecular complexity index is 575. The molecule has 0 unspecified atom stereocenters. The van der Waals surface area contributed by atoms with Crippen molar-refractivity contribution >= 4 is 0 Å². The van der Waals surface area contributed by atoms with Crippen molar-refractivity contribution in [2.75, 3.05) is 6.54 Å². The molecular formula is C18H23NO. The number of rotatable bonds is 5. The van der Waals surface area contributed by atoms with Crippen molar-refractivity contribution in [3.05, 3.63) is 59.2 Å². The van der Waals surface area contributed by atoms with Crippen molar-refractivity contribution in [2.24, 2.45) is 5.73 Å². The average Bonchev–Trinajstić information content (AvgIpc) is 2.42. The van der Waals surface area contributed by atoms with E-state index in [1.54, 1.807) is 0 Å². The summed E-state index contributed by atoms with van der Waals surface area (Å²) in [6, 6.07) is 14.5. The molecule has 0 aromatic heterocycles. The predicted molar refractivity (Wildman–Crippen MR) is 84.5 cm³/mol. The molecule has 2 nitrogen and oxygen atoms in total. The zero-order valence-corrected chi connectivity index (χ0v) is 12.5. The van der Waals surface area contributed by atoms with Crippen LogP contribution >= 0.6 is 0 Å². The molecule has 2 aromatic rings. The fourth-order valence-corrected chi connectivity index (χ4v) is 2.32. The molecule has 2 rings (SSSR count). The smallest absolute Gasteiger partial charge is 0.130 e. The Balaban J connectivity index is 2.26. The number of nitrogens with two attached hydrogens (primary N) is 1. The summed E-state index contributed by atoms with van der Waals surface area (Å²) in [4.78, 5) is 0. The normalized spacial score (nSPS) is 10.8. The van der Waals surface area contributed by atoms with Gasteiger partial charge in [-0.25, -0.2) is 0 Å². The van der Waals surface area contributed by atoms with E-state index >= 15 is 0 Å². The summed E-state index contributed by atoms with van der Waals surface area (Å²) >= 11 is 0. The Morgan fingerprint density at radius 3 is 2.45 bits per heavy atom. The van der Waals surface area contributed by atoms with E-state index < -0.39 is 0 Å². The van der Waals surface area contributed by atoms with Gasteiger partial charge in [0.1, 0.15) is 11.5 Å². The molecule has 0 fully saturated rings. The van der Waals surface area contributed by atoms with Crippen LogP contribution in [-0.4, -0.2) is 6.54 Å². The molecule has 0 aliphatic rings. The Hall–Kier alpha value is -1.80. The maximum absolute atomic E-state index is 6.10. The minimum Gasteiger partial charge on any atom is -0.457 e. The van der Waals surface area contributed by atoms with E-state index in [0.29, 0.717) is 12.5 Å². The minimum absolute atomic E-state index is 0.447. The van der Waals surface area contributed by atoms with Crippen LogP contribution in [-0.2, 0) is 6.42 Å². The summed E-state index contributed by atoms with van der Waals surface area (Å²) in [7, 11) is 0. The van der Waals surface area contributed by atoms with Crippen molar-refractivity contribution < 1.29 is 4.74 Å². The quantitative estimate of drug-likeness (QED) is 0.872. The van der Waals surface area contributed by atoms with Gasteiger partial charge in [0, 0.05) is 0 Å². The zero-order chi connectivity index (χ0) is 14.5. The van der Waals surface area contributed by atoms with E-state index in [1.165, 1.54) is 11.1 Å². The fraction of sp³-hybridized carbons (Fsp3) is 0.333. The van der Waals surface area contributed by atoms with Crippen molar-refractivity contribution in [3.8, 4) is 11.5 Å². The van der Waals surface area contributed by atoms with Gasteiger partial charge in [-0.15, -0.1) is 0 Å². The van der Waals surface area contributed by atoms with Crippen LogP contribution in [0.5, 0.6) is 11.5 Å². The number of benzene rings is 2. The lowest BCUT2D eigenvalue weighted by molar-refractivity contribution is 0.469. The molecule has 2 heteroatoms. The van der Waals surface area contributed by atoms with Gasteiger partial charge in [0.15, 0.2) is 0 Å². The van der Waals surface area contributed by atoms with Crippen LogP contribution in [0.1, 0.15) is 36.5 Å². The molecule has 0 atom stereocenters. The van der Waals surface area contributed by atoms with Crippen LogP contribution in [0, 0.1) is 6.92 Å². The molecule has 0 spiro atoms. The van der Waals surface area contributed by atoms with Crippen molar-refractivity contribution in [2.45, 2.75) is 33.1 Å². The third-order valence-corrected chi connectivity index (χ3v) is 3.43. The first kappa shape index (κ1) is 14.6. The summed E-state index contributed by atoms with van der Waals surface area (Å²) in [5, 5.41) is 0. The number of aryl methyl sites for hydroxylation is 1. The van der Waals surface area contributed by atoms with E-state index in [-0.39, 0.29) is 0 Å². The largest absolute Gasteiger partial charge is 0.457 e. The monoisotopic (exact) mass is 269 g/mol. The van der Waals surface area contributed by atoms with E-state index in [1.807, 2.05) is 18.2 Å². The third-order valence-electron chi connectivity index (χ3n) is 3.43.